The van der Waals surface area contributed by atoms with Crippen molar-refractivity contribution >= 4 is 62.6 Å². The molecule has 0 aliphatic carbocycles. The monoisotopic (exact) mass is 862 g/mol. The van der Waals surface area contributed by atoms with E-state index in [2.05, 4.69) is 41.2 Å². The van der Waals surface area contributed by atoms with Crippen molar-refractivity contribution in [1.82, 2.24) is 30.2 Å². The van der Waals surface area contributed by atoms with E-state index in [1.807, 2.05) is 65.8 Å². The standard InChI is InChI=1S/C22H24FN3O3S2.C15H17BrFN3O2S/c1-22(2,3)29-21(27)26(4)13-17-25-18(16-10-7-11-24-19(16)23)20(31-17)30-15-9-6-8-14(12-15)28-5;1-15(2,3)9(19-14(21)22)7-10-20-11(12(16)23-10)8-5-4-6-18-13(8)17/h6-12H,13H2,1-5H3;4-6,9,19H,7H2,1-3H3,(H,21,22). The Hall–Kier alpha value is -4.19. The molecular formula is C37H41BrF2N6O5S3. The number of nitrogens with one attached hydrogen (secondary N) is 1. The van der Waals surface area contributed by atoms with Crippen LogP contribution in [0.1, 0.15) is 51.6 Å². The summed E-state index contributed by atoms with van der Waals surface area (Å²) in [7, 11) is 3.26. The average molecular weight is 864 g/mol. The van der Waals surface area contributed by atoms with Gasteiger partial charge < -0.3 is 24.8 Å². The van der Waals surface area contributed by atoms with Crippen LogP contribution in [-0.4, -0.2) is 67.9 Å². The SMILES string of the molecule is CC(C)(C)C(Cc1nc(-c2cccnc2F)c(Br)s1)NC(=O)O.COc1cccc(Sc2sc(CN(C)C(=O)OC(C)(C)C)nc2-c2cccnc2F)c1. The molecule has 1 atom stereocenters. The normalized spacial score (nSPS) is 12.0. The van der Waals surface area contributed by atoms with Crippen LogP contribution < -0.4 is 10.1 Å². The summed E-state index contributed by atoms with van der Waals surface area (Å²) in [5, 5.41) is 12.9. The lowest BCUT2D eigenvalue weighted by atomic mass is 9.85. The molecular weight excluding hydrogens is 823 g/mol. The zero-order valence-corrected chi connectivity index (χ0v) is 35.0. The molecule has 0 aliphatic heterocycles. The Morgan fingerprint density at radius 1 is 0.944 bits per heavy atom. The molecule has 11 nitrogen and oxygen atoms in total. The highest BCUT2D eigenvalue weighted by Crippen LogP contribution is 2.42. The number of ether oxygens (including phenoxy) is 2. The van der Waals surface area contributed by atoms with Crippen LogP contribution in [0.3, 0.4) is 0 Å². The van der Waals surface area contributed by atoms with E-state index in [0.717, 1.165) is 19.9 Å². The van der Waals surface area contributed by atoms with Crippen molar-refractivity contribution in [3.8, 4) is 28.3 Å². The van der Waals surface area contributed by atoms with Gasteiger partial charge in [-0.15, -0.1) is 22.7 Å². The quantitative estimate of drug-likeness (QED) is 0.130. The molecule has 0 fully saturated rings. The van der Waals surface area contributed by atoms with Crippen molar-refractivity contribution < 1.29 is 33.0 Å². The smallest absolute Gasteiger partial charge is 0.410 e. The number of carbonyl (C=O) groups is 2. The van der Waals surface area contributed by atoms with Gasteiger partial charge in [-0.2, -0.15) is 8.78 Å². The molecule has 17 heteroatoms. The van der Waals surface area contributed by atoms with Crippen molar-refractivity contribution in [3.63, 3.8) is 0 Å². The van der Waals surface area contributed by atoms with Crippen molar-refractivity contribution in [3.05, 3.63) is 86.6 Å². The number of pyridine rings is 2. The van der Waals surface area contributed by atoms with E-state index in [9.17, 15) is 18.4 Å². The van der Waals surface area contributed by atoms with Gasteiger partial charge in [-0.1, -0.05) is 38.6 Å². The van der Waals surface area contributed by atoms with Gasteiger partial charge in [-0.3, -0.25) is 0 Å². The Balaban J connectivity index is 0.000000252. The largest absolute Gasteiger partial charge is 0.497 e. The second kappa shape index (κ2) is 18.4. The van der Waals surface area contributed by atoms with Crippen LogP contribution in [0.15, 0.2) is 73.8 Å². The van der Waals surface area contributed by atoms with Crippen LogP contribution in [0.5, 0.6) is 5.75 Å². The number of amides is 2. The molecule has 0 saturated carbocycles. The number of rotatable bonds is 10. The van der Waals surface area contributed by atoms with Crippen molar-refractivity contribution in [2.24, 2.45) is 5.41 Å². The number of carboxylic acid groups (broad SMARTS) is 1. The van der Waals surface area contributed by atoms with Crippen molar-refractivity contribution in [1.29, 1.82) is 0 Å². The van der Waals surface area contributed by atoms with E-state index < -0.39 is 29.7 Å². The number of nitrogens with zero attached hydrogens (tertiary/aromatic N) is 5. The highest BCUT2D eigenvalue weighted by molar-refractivity contribution is 9.11. The molecule has 4 heterocycles. The minimum absolute atomic E-state index is 0.243. The number of carbonyl (C=O) groups excluding carboxylic acids is 1. The van der Waals surface area contributed by atoms with Crippen LogP contribution in [0.4, 0.5) is 18.4 Å². The molecule has 2 N–H and O–H groups in total. The van der Waals surface area contributed by atoms with Crippen LogP contribution in [0.25, 0.3) is 22.5 Å². The summed E-state index contributed by atoms with van der Waals surface area (Å²) < 4.78 is 40.5. The average Bonchev–Trinajstić information content (AvgIpc) is 3.65. The van der Waals surface area contributed by atoms with E-state index in [1.165, 1.54) is 51.7 Å². The lowest BCUT2D eigenvalue weighted by Crippen LogP contribution is -2.44. The Labute approximate surface area is 333 Å². The highest BCUT2D eigenvalue weighted by atomic mass is 79.9. The Kier molecular flexibility index (Phi) is 14.5. The molecule has 0 radical (unpaired) electrons. The van der Waals surface area contributed by atoms with Crippen LogP contribution >= 0.6 is 50.4 Å². The lowest BCUT2D eigenvalue weighted by molar-refractivity contribution is 0.0285. The fourth-order valence-corrected chi connectivity index (χ4v) is 8.76. The lowest BCUT2D eigenvalue weighted by Gasteiger charge is -2.29. The van der Waals surface area contributed by atoms with Gasteiger partial charge in [0, 0.05) is 36.8 Å². The van der Waals surface area contributed by atoms with E-state index in [-0.39, 0.29) is 18.0 Å². The van der Waals surface area contributed by atoms with E-state index >= 15 is 0 Å². The fourth-order valence-electron chi connectivity index (χ4n) is 4.65. The van der Waals surface area contributed by atoms with Crippen molar-refractivity contribution in [2.75, 3.05) is 14.2 Å². The molecule has 288 valence electrons. The molecule has 0 aliphatic rings. The summed E-state index contributed by atoms with van der Waals surface area (Å²) in [6, 6.07) is 13.9. The molecule has 0 saturated heterocycles. The van der Waals surface area contributed by atoms with Gasteiger partial charge in [-0.25, -0.2) is 29.5 Å². The maximum absolute atomic E-state index is 14.4. The summed E-state index contributed by atoms with van der Waals surface area (Å²) in [4.78, 5) is 42.2. The number of halogens is 3. The predicted octanol–water partition coefficient (Wildman–Crippen LogP) is 10.2. The van der Waals surface area contributed by atoms with Gasteiger partial charge in [0.25, 0.3) is 0 Å². The maximum Gasteiger partial charge on any atom is 0.410 e. The van der Waals surface area contributed by atoms with Gasteiger partial charge in [-0.05, 0) is 84.6 Å². The summed E-state index contributed by atoms with van der Waals surface area (Å²) in [6.45, 7) is 11.6. The summed E-state index contributed by atoms with van der Waals surface area (Å²) >= 11 is 7.63. The first-order valence-electron chi connectivity index (χ1n) is 16.5. The molecule has 5 aromatic rings. The molecule has 4 aromatic heterocycles. The first-order chi connectivity index (χ1) is 25.3. The Morgan fingerprint density at radius 2 is 1.56 bits per heavy atom. The first kappa shape index (κ1) is 42.6. The van der Waals surface area contributed by atoms with Crippen LogP contribution in [0.2, 0.25) is 0 Å². The van der Waals surface area contributed by atoms with Gasteiger partial charge in [0.05, 0.1) is 37.8 Å². The summed E-state index contributed by atoms with van der Waals surface area (Å²) in [5.74, 6) is -0.443. The third-order valence-electron chi connectivity index (χ3n) is 7.35. The molecule has 1 aromatic carbocycles. The van der Waals surface area contributed by atoms with Gasteiger partial charge in [0.2, 0.25) is 11.9 Å². The summed E-state index contributed by atoms with van der Waals surface area (Å²) in [5.41, 5.74) is 0.757. The van der Waals surface area contributed by atoms with E-state index in [1.54, 1.807) is 38.4 Å². The van der Waals surface area contributed by atoms with Crippen molar-refractivity contribution in [2.45, 2.75) is 75.3 Å². The number of hydrogen-bond donors (Lipinski definition) is 2. The van der Waals surface area contributed by atoms with Gasteiger partial charge in [0.15, 0.2) is 0 Å². The molecule has 0 spiro atoms. The molecule has 2 amide bonds. The second-order valence-corrected chi connectivity index (χ2v) is 18.7. The van der Waals surface area contributed by atoms with Gasteiger partial charge in [0.1, 0.15) is 27.7 Å². The zero-order valence-electron chi connectivity index (χ0n) is 30.9. The molecule has 1 unspecified atom stereocenters. The molecule has 0 bridgehead atoms. The maximum atomic E-state index is 14.4. The Bertz CT molecular complexity index is 2070. The third kappa shape index (κ3) is 12.2. The molecule has 54 heavy (non-hydrogen) atoms. The molecule has 5 rings (SSSR count). The number of methoxy groups -OCH3 is 1. The van der Waals surface area contributed by atoms with E-state index in [4.69, 9.17) is 14.6 Å². The highest BCUT2D eigenvalue weighted by Gasteiger charge is 2.29. The minimum Gasteiger partial charge on any atom is -0.497 e. The number of aromatic nitrogens is 4. The Morgan fingerprint density at radius 3 is 2.11 bits per heavy atom. The van der Waals surface area contributed by atoms with Crippen LogP contribution in [-0.2, 0) is 17.7 Å². The van der Waals surface area contributed by atoms with Gasteiger partial charge >= 0.3 is 12.2 Å². The predicted molar refractivity (Wildman–Crippen MR) is 211 cm³/mol. The van der Waals surface area contributed by atoms with E-state index in [0.29, 0.717) is 37.7 Å². The zero-order chi connectivity index (χ0) is 39.8. The summed E-state index contributed by atoms with van der Waals surface area (Å²) in [6.07, 6.45) is 1.70. The third-order valence-corrected chi connectivity index (χ3v) is 11.3. The number of thiazole rings is 2. The number of hydrogen-bond acceptors (Lipinski definition) is 11. The second-order valence-electron chi connectivity index (χ2n) is 13.8. The first-order valence-corrected chi connectivity index (χ1v) is 19.7. The van der Waals surface area contributed by atoms with Crippen LogP contribution in [0, 0.1) is 17.3 Å². The minimum atomic E-state index is -1.07. The number of benzene rings is 1. The fraction of sp³-hybridized carbons (Fsp3) is 0.351. The topological polar surface area (TPSA) is 140 Å².